The van der Waals surface area contributed by atoms with Crippen LogP contribution in [-0.2, 0) is 23.8 Å². The van der Waals surface area contributed by atoms with E-state index in [1.54, 1.807) is 0 Å². The minimum atomic E-state index is -6.12. The normalized spacial score (nSPS) is 21.5. The van der Waals surface area contributed by atoms with E-state index >= 15 is 0 Å². The van der Waals surface area contributed by atoms with Crippen LogP contribution in [0.4, 0.5) is 18.0 Å². The summed E-state index contributed by atoms with van der Waals surface area (Å²) < 4.78 is 68.3. The van der Waals surface area contributed by atoms with Crippen LogP contribution in [0.3, 0.4) is 0 Å². The average Bonchev–Trinajstić information content (AvgIpc) is 2.70. The first-order valence-corrected chi connectivity index (χ1v) is 8.68. The maximum Gasteiger partial charge on any atom is 0.534 e. The summed E-state index contributed by atoms with van der Waals surface area (Å²) in [5, 5.41) is 9.69. The molecule has 0 saturated carbocycles. The van der Waals surface area contributed by atoms with Gasteiger partial charge in [-0.1, -0.05) is 0 Å². The van der Waals surface area contributed by atoms with Crippen LogP contribution in [0.2, 0.25) is 0 Å². The fraction of sp³-hybridized carbons (Fsp3) is 0.571. The number of ether oxygens (including phenoxy) is 1. The molecule has 1 N–H and O–H groups in total. The van der Waals surface area contributed by atoms with Crippen LogP contribution >= 0.6 is 0 Å². The molecule has 0 bridgehead atoms. The van der Waals surface area contributed by atoms with Crippen molar-refractivity contribution in [3.63, 3.8) is 0 Å². The molecule has 0 aromatic heterocycles. The molecular weight excluding hydrogens is 383 g/mol. The number of amides is 1. The molecular formula is C14H19F3NO7S+. The van der Waals surface area contributed by atoms with Crippen molar-refractivity contribution in [3.05, 3.63) is 23.2 Å². The molecule has 0 saturated heterocycles. The number of carbonyl (C=O) groups excluding carboxylic acids is 1. The van der Waals surface area contributed by atoms with Gasteiger partial charge in [-0.25, -0.2) is 4.79 Å². The summed E-state index contributed by atoms with van der Waals surface area (Å²) in [5.41, 5.74) is -7.88. The highest BCUT2D eigenvalue weighted by Gasteiger charge is 2.58. The van der Waals surface area contributed by atoms with Crippen LogP contribution < -0.4 is 0 Å². The Morgan fingerprint density at radius 2 is 1.73 bits per heavy atom. The molecule has 12 heteroatoms. The van der Waals surface area contributed by atoms with Crippen molar-refractivity contribution in [2.75, 3.05) is 6.61 Å². The second-order valence-electron chi connectivity index (χ2n) is 6.33. The molecule has 0 radical (unpaired) electrons. The van der Waals surface area contributed by atoms with Gasteiger partial charge in [-0.3, -0.25) is 0 Å². The van der Waals surface area contributed by atoms with Crippen molar-refractivity contribution in [1.82, 2.24) is 0 Å². The van der Waals surface area contributed by atoms with Gasteiger partial charge in [-0.15, -0.1) is 0 Å². The van der Waals surface area contributed by atoms with Crippen LogP contribution in [0.1, 0.15) is 34.6 Å². The van der Waals surface area contributed by atoms with E-state index < -0.39 is 49.0 Å². The van der Waals surface area contributed by atoms with Crippen molar-refractivity contribution < 1.29 is 49.7 Å². The fourth-order valence-corrected chi connectivity index (χ4v) is 3.01. The summed E-state index contributed by atoms with van der Waals surface area (Å²) >= 11 is 0. The van der Waals surface area contributed by atoms with Crippen molar-refractivity contribution in [2.45, 2.75) is 45.7 Å². The first kappa shape index (κ1) is 22.0. The highest BCUT2D eigenvalue weighted by atomic mass is 32.2. The van der Waals surface area contributed by atoms with E-state index in [1.807, 2.05) is 0 Å². The number of allylic oxidation sites excluding steroid dienone is 1. The molecule has 1 atom stereocenters. The predicted molar refractivity (Wildman–Crippen MR) is 81.5 cm³/mol. The molecule has 0 aromatic rings. The van der Waals surface area contributed by atoms with E-state index in [1.165, 1.54) is 34.6 Å². The molecule has 26 heavy (non-hydrogen) atoms. The summed E-state index contributed by atoms with van der Waals surface area (Å²) in [7, 11) is -6.12. The standard InChI is InChI=1S/C14H18F3NO7S/c1-6-24-11(19)10-8(2)18(12(20)21,13(3,4)5)7-9(10)25-26(22,23)14(15,16)17/h7H,6H2,1-5H3/p+1. The third-order valence-corrected chi connectivity index (χ3v) is 4.74. The fourth-order valence-electron chi connectivity index (χ4n) is 2.55. The van der Waals surface area contributed by atoms with Crippen LogP contribution in [-0.4, -0.2) is 47.7 Å². The lowest BCUT2D eigenvalue weighted by Gasteiger charge is -2.38. The van der Waals surface area contributed by atoms with Gasteiger partial charge in [0.25, 0.3) is 0 Å². The lowest BCUT2D eigenvalue weighted by Crippen LogP contribution is -2.57. The van der Waals surface area contributed by atoms with Gasteiger partial charge in [0, 0.05) is 6.92 Å². The third-order valence-electron chi connectivity index (χ3n) is 3.77. The first-order chi connectivity index (χ1) is 11.5. The van der Waals surface area contributed by atoms with Crippen molar-refractivity contribution >= 4 is 22.2 Å². The molecule has 8 nitrogen and oxygen atoms in total. The number of rotatable bonds is 4. The Hall–Kier alpha value is -2.08. The minimum Gasteiger partial charge on any atom is -0.462 e. The van der Waals surface area contributed by atoms with Gasteiger partial charge < -0.3 is 14.0 Å². The van der Waals surface area contributed by atoms with Crippen LogP contribution in [0, 0.1) is 0 Å². The number of halogens is 3. The molecule has 1 unspecified atom stereocenters. The molecule has 0 fully saturated rings. The summed E-state index contributed by atoms with van der Waals surface area (Å²) in [4.78, 5) is 24.1. The molecule has 1 amide bonds. The van der Waals surface area contributed by atoms with Gasteiger partial charge in [0.1, 0.15) is 11.2 Å². The van der Waals surface area contributed by atoms with Gasteiger partial charge in [0.2, 0.25) is 5.76 Å². The maximum atomic E-state index is 12.7. The second kappa shape index (κ2) is 6.58. The van der Waals surface area contributed by atoms with E-state index in [0.717, 1.165) is 0 Å². The number of alkyl halides is 3. The zero-order valence-electron chi connectivity index (χ0n) is 14.7. The Balaban J connectivity index is 3.73. The zero-order valence-corrected chi connectivity index (χ0v) is 15.5. The van der Waals surface area contributed by atoms with Gasteiger partial charge in [0.05, 0.1) is 6.61 Å². The first-order valence-electron chi connectivity index (χ1n) is 7.27. The zero-order chi connectivity index (χ0) is 20.7. The highest BCUT2D eigenvalue weighted by Crippen LogP contribution is 2.44. The topological polar surface area (TPSA) is 107 Å². The Morgan fingerprint density at radius 1 is 1.23 bits per heavy atom. The second-order valence-corrected chi connectivity index (χ2v) is 7.87. The van der Waals surface area contributed by atoms with E-state index in [9.17, 15) is 36.3 Å². The molecule has 1 aliphatic heterocycles. The summed E-state index contributed by atoms with van der Waals surface area (Å²) in [5.74, 6) is -2.24. The summed E-state index contributed by atoms with van der Waals surface area (Å²) in [6.45, 7) is 6.78. The summed E-state index contributed by atoms with van der Waals surface area (Å²) in [6, 6.07) is 0. The largest absolute Gasteiger partial charge is 0.534 e. The number of quaternary nitrogens is 1. The van der Waals surface area contributed by atoms with Gasteiger partial charge in [-0.2, -0.15) is 30.9 Å². The van der Waals surface area contributed by atoms with Crippen molar-refractivity contribution in [1.29, 1.82) is 0 Å². The number of nitrogens with zero attached hydrogens (tertiary/aromatic N) is 1. The van der Waals surface area contributed by atoms with Crippen LogP contribution in [0.5, 0.6) is 0 Å². The quantitative estimate of drug-likeness (QED) is 0.333. The van der Waals surface area contributed by atoms with Crippen LogP contribution in [0.25, 0.3) is 0 Å². The van der Waals surface area contributed by atoms with Gasteiger partial charge in [0.15, 0.2) is 11.8 Å². The lowest BCUT2D eigenvalue weighted by molar-refractivity contribution is -0.816. The number of esters is 1. The lowest BCUT2D eigenvalue weighted by atomic mass is 10.0. The molecule has 1 rings (SSSR count). The SMILES string of the molecule is CCOC(=O)C1=C(C)[N+](C(=O)O)(C(C)(C)C)C=C1OS(=O)(=O)C(F)(F)F. The number of carboxylic acid groups (broad SMARTS) is 1. The molecule has 0 aliphatic carbocycles. The molecule has 1 heterocycles. The Bertz CT molecular complexity index is 790. The Morgan fingerprint density at radius 3 is 2.08 bits per heavy atom. The highest BCUT2D eigenvalue weighted by molar-refractivity contribution is 7.87. The summed E-state index contributed by atoms with van der Waals surface area (Å²) in [6.07, 6.45) is -0.896. The molecule has 1 aliphatic rings. The number of hydrogen-bond acceptors (Lipinski definition) is 6. The monoisotopic (exact) mass is 402 g/mol. The maximum absolute atomic E-state index is 12.7. The molecule has 0 spiro atoms. The smallest absolute Gasteiger partial charge is 0.462 e. The average molecular weight is 402 g/mol. The third kappa shape index (κ3) is 3.43. The van der Waals surface area contributed by atoms with E-state index in [2.05, 4.69) is 4.18 Å². The van der Waals surface area contributed by atoms with Gasteiger partial charge >= 0.3 is 27.7 Å². The Labute approximate surface area is 148 Å². The number of hydrogen-bond donors (Lipinski definition) is 1. The van der Waals surface area contributed by atoms with Crippen molar-refractivity contribution in [2.24, 2.45) is 0 Å². The van der Waals surface area contributed by atoms with Crippen LogP contribution in [0.15, 0.2) is 23.2 Å². The van der Waals surface area contributed by atoms with Crippen molar-refractivity contribution in [3.8, 4) is 0 Å². The van der Waals surface area contributed by atoms with E-state index in [0.29, 0.717) is 6.20 Å². The predicted octanol–water partition coefficient (Wildman–Crippen LogP) is 2.84. The molecule has 0 aromatic carbocycles. The van der Waals surface area contributed by atoms with Gasteiger partial charge in [-0.05, 0) is 27.7 Å². The minimum absolute atomic E-state index is 0.169. The number of carbonyl (C=O) groups is 2. The van der Waals surface area contributed by atoms with E-state index in [-0.39, 0.29) is 12.3 Å². The molecule has 148 valence electrons. The Kier molecular flexibility index (Phi) is 5.56. The van der Waals surface area contributed by atoms with E-state index in [4.69, 9.17) is 4.74 Å².